The number of hydrogen-bond donors (Lipinski definition) is 3. The third-order valence-electron chi connectivity index (χ3n) is 4.16. The molecular weight excluding hydrogens is 311 g/mol. The zero-order valence-corrected chi connectivity index (χ0v) is 14.0. The Labute approximate surface area is 141 Å². The second kappa shape index (κ2) is 9.22. The van der Waals surface area contributed by atoms with E-state index in [-0.39, 0.29) is 23.8 Å². The lowest BCUT2D eigenvalue weighted by Crippen LogP contribution is -2.49. The lowest BCUT2D eigenvalue weighted by atomic mass is 10.1. The molecule has 0 spiro atoms. The van der Waals surface area contributed by atoms with Crippen molar-refractivity contribution in [2.45, 2.75) is 25.3 Å². The molecule has 0 unspecified atom stereocenters. The minimum atomic E-state index is -0.263. The van der Waals surface area contributed by atoms with Crippen molar-refractivity contribution in [2.24, 2.45) is 0 Å². The molecule has 24 heavy (non-hydrogen) atoms. The van der Waals surface area contributed by atoms with Crippen LogP contribution in [-0.2, 0) is 11.2 Å². The van der Waals surface area contributed by atoms with Gasteiger partial charge in [-0.05, 0) is 37.0 Å². The Hall–Kier alpha value is -2.15. The van der Waals surface area contributed by atoms with Crippen LogP contribution < -0.4 is 16.0 Å². The number of piperidine rings is 1. The molecule has 6 nitrogen and oxygen atoms in total. The maximum atomic E-state index is 13.1. The molecule has 7 heteroatoms. The molecule has 0 radical (unpaired) electrons. The topological polar surface area (TPSA) is 73.5 Å². The summed E-state index contributed by atoms with van der Waals surface area (Å²) in [4.78, 5) is 25.3. The number of amides is 3. The van der Waals surface area contributed by atoms with Gasteiger partial charge < -0.3 is 16.0 Å². The Kier molecular flexibility index (Phi) is 6.99. The molecule has 0 aromatic heterocycles. The van der Waals surface area contributed by atoms with Crippen molar-refractivity contribution in [2.75, 3.05) is 33.2 Å². The molecule has 1 aromatic carbocycles. The quantitative estimate of drug-likeness (QED) is 0.722. The van der Waals surface area contributed by atoms with Gasteiger partial charge in [0, 0.05) is 32.7 Å². The summed E-state index contributed by atoms with van der Waals surface area (Å²) in [6.45, 7) is 2.46. The Morgan fingerprint density at radius 1 is 1.29 bits per heavy atom. The number of carbonyl (C=O) groups excluding carboxylic acids is 2. The highest BCUT2D eigenvalue weighted by Crippen LogP contribution is 2.09. The molecule has 1 aliphatic rings. The number of carbonyl (C=O) groups is 2. The molecule has 0 atom stereocenters. The molecule has 0 bridgehead atoms. The fraction of sp³-hybridized carbons (Fsp3) is 0.529. The van der Waals surface area contributed by atoms with Crippen LogP contribution in [0.5, 0.6) is 0 Å². The van der Waals surface area contributed by atoms with Crippen molar-refractivity contribution < 1.29 is 14.0 Å². The molecule has 3 amide bonds. The fourth-order valence-corrected chi connectivity index (χ4v) is 2.77. The predicted molar refractivity (Wildman–Crippen MR) is 90.2 cm³/mol. The molecule has 0 aliphatic carbocycles. The fourth-order valence-electron chi connectivity index (χ4n) is 2.77. The third-order valence-corrected chi connectivity index (χ3v) is 4.16. The Morgan fingerprint density at radius 3 is 2.71 bits per heavy atom. The van der Waals surface area contributed by atoms with E-state index >= 15 is 0 Å². The van der Waals surface area contributed by atoms with Gasteiger partial charge in [0.25, 0.3) is 0 Å². The first-order chi connectivity index (χ1) is 11.6. The van der Waals surface area contributed by atoms with E-state index in [9.17, 15) is 14.0 Å². The first kappa shape index (κ1) is 18.2. The summed E-state index contributed by atoms with van der Waals surface area (Å²) >= 11 is 0. The monoisotopic (exact) mass is 336 g/mol. The number of urea groups is 1. The maximum absolute atomic E-state index is 13.1. The second-order valence-electron chi connectivity index (χ2n) is 6.00. The standard InChI is InChI=1S/C17H25FN4O2/c1-19-16(23)12-22-9-6-15(7-10-22)21-17(24)20-8-5-13-3-2-4-14(18)11-13/h2-4,11,15H,5-10,12H2,1H3,(H,19,23)(H2,20,21,24). The number of benzene rings is 1. The molecule has 132 valence electrons. The van der Waals surface area contributed by atoms with Gasteiger partial charge in [0.1, 0.15) is 5.82 Å². The van der Waals surface area contributed by atoms with E-state index in [0.29, 0.717) is 19.5 Å². The summed E-state index contributed by atoms with van der Waals surface area (Å²) in [6, 6.07) is 6.31. The summed E-state index contributed by atoms with van der Waals surface area (Å²) in [6.07, 6.45) is 2.25. The van der Waals surface area contributed by atoms with Crippen molar-refractivity contribution >= 4 is 11.9 Å². The number of halogens is 1. The smallest absolute Gasteiger partial charge is 0.315 e. The van der Waals surface area contributed by atoms with Crippen molar-refractivity contribution in [3.8, 4) is 0 Å². The second-order valence-corrected chi connectivity index (χ2v) is 6.00. The molecule has 1 aromatic rings. The van der Waals surface area contributed by atoms with E-state index in [0.717, 1.165) is 31.5 Å². The lowest BCUT2D eigenvalue weighted by Gasteiger charge is -2.31. The largest absolute Gasteiger partial charge is 0.358 e. The van der Waals surface area contributed by atoms with Crippen molar-refractivity contribution in [3.63, 3.8) is 0 Å². The number of likely N-dealkylation sites (N-methyl/N-ethyl adjacent to an activating group) is 1. The van der Waals surface area contributed by atoms with Crippen LogP contribution >= 0.6 is 0 Å². The molecule has 1 aliphatic heterocycles. The van der Waals surface area contributed by atoms with Gasteiger partial charge in [-0.1, -0.05) is 12.1 Å². The lowest BCUT2D eigenvalue weighted by molar-refractivity contribution is -0.122. The normalized spacial score (nSPS) is 15.8. The van der Waals surface area contributed by atoms with Gasteiger partial charge in [0.2, 0.25) is 5.91 Å². The van der Waals surface area contributed by atoms with Crippen LogP contribution in [-0.4, -0.2) is 56.1 Å². The van der Waals surface area contributed by atoms with Gasteiger partial charge in [-0.25, -0.2) is 9.18 Å². The number of hydrogen-bond acceptors (Lipinski definition) is 3. The molecule has 0 saturated carbocycles. The molecular formula is C17H25FN4O2. The zero-order valence-electron chi connectivity index (χ0n) is 14.0. The number of nitrogens with zero attached hydrogens (tertiary/aromatic N) is 1. The SMILES string of the molecule is CNC(=O)CN1CCC(NC(=O)NCCc2cccc(F)c2)CC1. The van der Waals surface area contributed by atoms with Crippen LogP contribution in [0, 0.1) is 5.82 Å². The van der Waals surface area contributed by atoms with Gasteiger partial charge in [0.05, 0.1) is 6.54 Å². The Balaban J connectivity index is 1.62. The zero-order chi connectivity index (χ0) is 17.4. The van der Waals surface area contributed by atoms with Crippen LogP contribution in [0.1, 0.15) is 18.4 Å². The van der Waals surface area contributed by atoms with E-state index in [1.165, 1.54) is 12.1 Å². The summed E-state index contributed by atoms with van der Waals surface area (Å²) in [5.41, 5.74) is 0.859. The highest BCUT2D eigenvalue weighted by Gasteiger charge is 2.21. The van der Waals surface area contributed by atoms with Crippen molar-refractivity contribution in [1.82, 2.24) is 20.9 Å². The van der Waals surface area contributed by atoms with E-state index in [4.69, 9.17) is 0 Å². The Morgan fingerprint density at radius 2 is 2.04 bits per heavy atom. The van der Waals surface area contributed by atoms with E-state index < -0.39 is 0 Å². The number of rotatable bonds is 6. The van der Waals surface area contributed by atoms with E-state index in [1.807, 2.05) is 6.07 Å². The predicted octanol–water partition coefficient (Wildman–Crippen LogP) is 0.878. The molecule has 3 N–H and O–H groups in total. The average molecular weight is 336 g/mol. The first-order valence-corrected chi connectivity index (χ1v) is 8.28. The highest BCUT2D eigenvalue weighted by atomic mass is 19.1. The maximum Gasteiger partial charge on any atom is 0.315 e. The molecule has 1 saturated heterocycles. The van der Waals surface area contributed by atoms with E-state index in [2.05, 4.69) is 20.9 Å². The van der Waals surface area contributed by atoms with Crippen LogP contribution in [0.3, 0.4) is 0 Å². The summed E-state index contributed by atoms with van der Waals surface area (Å²) < 4.78 is 13.1. The van der Waals surface area contributed by atoms with Gasteiger partial charge >= 0.3 is 6.03 Å². The molecule has 1 heterocycles. The van der Waals surface area contributed by atoms with Crippen LogP contribution in [0.25, 0.3) is 0 Å². The highest BCUT2D eigenvalue weighted by molar-refractivity contribution is 5.77. The average Bonchev–Trinajstić information content (AvgIpc) is 2.56. The van der Waals surface area contributed by atoms with E-state index in [1.54, 1.807) is 13.1 Å². The van der Waals surface area contributed by atoms with Gasteiger partial charge in [-0.2, -0.15) is 0 Å². The summed E-state index contributed by atoms with van der Waals surface area (Å²) in [5, 5.41) is 8.37. The minimum absolute atomic E-state index is 0.0106. The van der Waals surface area contributed by atoms with Crippen molar-refractivity contribution in [1.29, 1.82) is 0 Å². The number of nitrogens with one attached hydrogen (secondary N) is 3. The van der Waals surface area contributed by atoms with Gasteiger partial charge in [-0.3, -0.25) is 9.69 Å². The summed E-state index contributed by atoms with van der Waals surface area (Å²) in [7, 11) is 1.63. The van der Waals surface area contributed by atoms with Crippen molar-refractivity contribution in [3.05, 3.63) is 35.6 Å². The molecule has 1 fully saturated rings. The van der Waals surface area contributed by atoms with Crippen LogP contribution in [0.2, 0.25) is 0 Å². The van der Waals surface area contributed by atoms with Crippen LogP contribution in [0.15, 0.2) is 24.3 Å². The number of likely N-dealkylation sites (tertiary alicyclic amines) is 1. The van der Waals surface area contributed by atoms with Crippen LogP contribution in [0.4, 0.5) is 9.18 Å². The minimum Gasteiger partial charge on any atom is -0.358 e. The van der Waals surface area contributed by atoms with Gasteiger partial charge in [-0.15, -0.1) is 0 Å². The Bertz CT molecular complexity index is 559. The third kappa shape index (κ3) is 6.16. The summed E-state index contributed by atoms with van der Waals surface area (Å²) in [5.74, 6) is -0.253. The first-order valence-electron chi connectivity index (χ1n) is 8.28. The van der Waals surface area contributed by atoms with Gasteiger partial charge in [0.15, 0.2) is 0 Å². The molecule has 2 rings (SSSR count).